The van der Waals surface area contributed by atoms with E-state index in [1.807, 2.05) is 6.92 Å². The normalized spacial score (nSPS) is 13.0. The number of unbranched alkanes of at least 4 members (excludes halogenated alkanes) is 2. The molecule has 0 bridgehead atoms. The van der Waals surface area contributed by atoms with Gasteiger partial charge in [0.15, 0.2) is 6.23 Å². The van der Waals surface area contributed by atoms with Gasteiger partial charge in [-0.15, -0.1) is 5.12 Å². The Kier molecular flexibility index (Phi) is 6.27. The summed E-state index contributed by atoms with van der Waals surface area (Å²) in [5, 5.41) is 8.16. The first-order valence-corrected chi connectivity index (χ1v) is 4.45. The zero-order valence-corrected chi connectivity index (χ0v) is 7.92. The number of hydrogen-bond acceptors (Lipinski definition) is 2. The van der Waals surface area contributed by atoms with Crippen molar-refractivity contribution in [3.8, 4) is 0 Å². The number of hydrogen-bond donors (Lipinski definition) is 1. The average Bonchev–Trinajstić information content (AvgIpc) is 2.15. The van der Waals surface area contributed by atoms with Crippen LogP contribution in [0.15, 0.2) is 0 Å². The summed E-state index contributed by atoms with van der Waals surface area (Å²) in [4.78, 5) is 10.4. The molecule has 1 amide bonds. The van der Waals surface area contributed by atoms with Crippen LogP contribution in [0.4, 0.5) is 13.3 Å². The largest absolute Gasteiger partial charge is 0.371 e. The van der Waals surface area contributed by atoms with Gasteiger partial charge in [-0.3, -0.25) is 4.79 Å². The summed E-state index contributed by atoms with van der Waals surface area (Å²) in [5.74, 6) is -1.99. The fourth-order valence-electron chi connectivity index (χ4n) is 0.930. The Hall–Kier alpha value is -0.780. The Balaban J connectivity index is 3.86. The molecule has 0 aromatic heterocycles. The molecule has 0 aromatic carbocycles. The molecule has 14 heavy (non-hydrogen) atoms. The van der Waals surface area contributed by atoms with E-state index in [-0.39, 0.29) is 6.42 Å². The minimum atomic E-state index is -3.42. The van der Waals surface area contributed by atoms with Gasteiger partial charge in [-0.2, -0.15) is 8.78 Å². The van der Waals surface area contributed by atoms with E-state index in [0.29, 0.717) is 6.42 Å². The van der Waals surface area contributed by atoms with E-state index < -0.39 is 23.7 Å². The quantitative estimate of drug-likeness (QED) is 0.415. The van der Waals surface area contributed by atoms with Crippen molar-refractivity contribution < 1.29 is 23.2 Å². The number of aliphatic hydroxyl groups is 1. The summed E-state index contributed by atoms with van der Waals surface area (Å²) in [6, 6.07) is 0. The number of nitrogens with zero attached hydrogens (tertiary/aromatic N) is 1. The highest BCUT2D eigenvalue weighted by Gasteiger charge is 2.28. The van der Waals surface area contributed by atoms with Crippen molar-refractivity contribution >= 4 is 5.91 Å². The van der Waals surface area contributed by atoms with E-state index >= 15 is 0 Å². The van der Waals surface area contributed by atoms with Crippen molar-refractivity contribution in [1.82, 2.24) is 5.12 Å². The van der Waals surface area contributed by atoms with Crippen LogP contribution in [-0.2, 0) is 4.79 Å². The highest BCUT2D eigenvalue weighted by molar-refractivity contribution is 5.78. The van der Waals surface area contributed by atoms with Gasteiger partial charge in [0.1, 0.15) is 0 Å². The predicted octanol–water partition coefficient (Wildman–Crippen LogP) is 1.86. The fraction of sp³-hybridized carbons (Fsp3) is 0.875. The van der Waals surface area contributed by atoms with Gasteiger partial charge in [-0.05, 0) is 12.8 Å². The van der Waals surface area contributed by atoms with E-state index in [2.05, 4.69) is 0 Å². The Labute approximate surface area is 80.4 Å². The molecular formula is C8H14F3NO2. The van der Waals surface area contributed by atoms with Crippen molar-refractivity contribution in [3.05, 3.63) is 0 Å². The maximum Gasteiger partial charge on any atom is 0.319 e. The highest BCUT2D eigenvalue weighted by Crippen LogP contribution is 2.11. The van der Waals surface area contributed by atoms with Gasteiger partial charge >= 0.3 is 12.3 Å². The lowest BCUT2D eigenvalue weighted by molar-refractivity contribution is -0.184. The van der Waals surface area contributed by atoms with Crippen LogP contribution < -0.4 is 0 Å². The molecule has 0 heterocycles. The maximum atomic E-state index is 12.6. The number of rotatable bonds is 6. The number of amides is 1. The fourth-order valence-corrected chi connectivity index (χ4v) is 0.930. The summed E-state index contributed by atoms with van der Waals surface area (Å²) >= 11 is 0. The third kappa shape index (κ3) is 4.45. The zero-order chi connectivity index (χ0) is 11.1. The zero-order valence-electron chi connectivity index (χ0n) is 7.92. The van der Waals surface area contributed by atoms with Gasteiger partial charge < -0.3 is 5.11 Å². The molecule has 0 saturated carbocycles. The predicted molar refractivity (Wildman–Crippen MR) is 44.1 cm³/mol. The van der Waals surface area contributed by atoms with Crippen molar-refractivity contribution in [2.75, 3.05) is 0 Å². The van der Waals surface area contributed by atoms with Crippen molar-refractivity contribution in [2.45, 2.75) is 45.3 Å². The lowest BCUT2D eigenvalue weighted by Crippen LogP contribution is -2.37. The maximum absolute atomic E-state index is 12.6. The third-order valence-corrected chi connectivity index (χ3v) is 1.72. The Bertz CT molecular complexity index is 178. The van der Waals surface area contributed by atoms with Crippen LogP contribution >= 0.6 is 0 Å². The summed E-state index contributed by atoms with van der Waals surface area (Å²) in [7, 11) is 0. The first-order chi connectivity index (χ1) is 6.50. The number of aliphatic hydroxyl groups excluding tert-OH is 1. The van der Waals surface area contributed by atoms with Crippen molar-refractivity contribution in [2.24, 2.45) is 0 Å². The van der Waals surface area contributed by atoms with Gasteiger partial charge in [0, 0.05) is 0 Å². The second-order valence-corrected chi connectivity index (χ2v) is 2.93. The van der Waals surface area contributed by atoms with E-state index in [0.717, 1.165) is 12.8 Å². The van der Waals surface area contributed by atoms with Gasteiger partial charge in [0.2, 0.25) is 0 Å². The molecule has 0 aliphatic heterocycles. The highest BCUT2D eigenvalue weighted by atomic mass is 19.3. The molecule has 0 aliphatic carbocycles. The molecule has 0 radical (unpaired) electrons. The minimum Gasteiger partial charge on any atom is -0.371 e. The molecule has 1 atom stereocenters. The van der Waals surface area contributed by atoms with Gasteiger partial charge in [0.25, 0.3) is 0 Å². The van der Waals surface area contributed by atoms with Crippen molar-refractivity contribution in [1.29, 1.82) is 0 Å². The monoisotopic (exact) mass is 213 g/mol. The first kappa shape index (κ1) is 13.2. The molecule has 6 heteroatoms. The van der Waals surface area contributed by atoms with Crippen molar-refractivity contribution in [3.63, 3.8) is 0 Å². The summed E-state index contributed by atoms with van der Waals surface area (Å²) in [6.07, 6.45) is -3.09. The van der Waals surface area contributed by atoms with Gasteiger partial charge in [-0.1, -0.05) is 24.2 Å². The average molecular weight is 213 g/mol. The van der Waals surface area contributed by atoms with Crippen LogP contribution in [-0.4, -0.2) is 28.8 Å². The lowest BCUT2D eigenvalue weighted by Gasteiger charge is -2.17. The van der Waals surface area contributed by atoms with E-state index in [1.54, 1.807) is 0 Å². The molecule has 1 N–H and O–H groups in total. The molecule has 0 spiro atoms. The first-order valence-electron chi connectivity index (χ1n) is 4.45. The minimum absolute atomic E-state index is 0.0250. The lowest BCUT2D eigenvalue weighted by atomic mass is 10.2. The van der Waals surface area contributed by atoms with Gasteiger partial charge in [-0.25, -0.2) is 0 Å². The van der Waals surface area contributed by atoms with Crippen LogP contribution in [0, 0.1) is 0 Å². The molecule has 3 nitrogen and oxygen atoms in total. The van der Waals surface area contributed by atoms with Crippen LogP contribution in [0.2, 0.25) is 0 Å². The Morgan fingerprint density at radius 2 is 2.00 bits per heavy atom. The van der Waals surface area contributed by atoms with E-state index in [1.165, 1.54) is 0 Å². The summed E-state index contributed by atoms with van der Waals surface area (Å²) < 4.78 is 36.0. The Morgan fingerprint density at radius 3 is 2.43 bits per heavy atom. The molecule has 1 unspecified atom stereocenters. The number of carbonyl (C=O) groups is 1. The second-order valence-electron chi connectivity index (χ2n) is 2.93. The molecule has 0 rings (SSSR count). The molecule has 84 valence electrons. The molecule has 0 saturated heterocycles. The topological polar surface area (TPSA) is 40.5 Å². The second kappa shape index (κ2) is 6.64. The smallest absolute Gasteiger partial charge is 0.319 e. The van der Waals surface area contributed by atoms with Crippen LogP contribution in [0.3, 0.4) is 0 Å². The Morgan fingerprint density at radius 1 is 1.43 bits per heavy atom. The van der Waals surface area contributed by atoms with Crippen LogP contribution in [0.25, 0.3) is 0 Å². The molecular weight excluding hydrogens is 199 g/mol. The number of halogens is 3. The van der Waals surface area contributed by atoms with E-state index in [9.17, 15) is 18.1 Å². The third-order valence-electron chi connectivity index (χ3n) is 1.72. The SMILES string of the molecule is CCCCCC(O)N(F)C(=O)C(F)F. The van der Waals surface area contributed by atoms with Crippen LogP contribution in [0.1, 0.15) is 32.6 Å². The summed E-state index contributed by atoms with van der Waals surface area (Å²) in [5.41, 5.74) is 0. The molecule has 0 aromatic rings. The molecule has 0 aliphatic rings. The summed E-state index contributed by atoms with van der Waals surface area (Å²) in [6.45, 7) is 1.91. The van der Waals surface area contributed by atoms with Crippen LogP contribution in [0.5, 0.6) is 0 Å². The molecule has 0 fully saturated rings. The van der Waals surface area contributed by atoms with Gasteiger partial charge in [0.05, 0.1) is 0 Å². The number of alkyl halides is 2. The number of carbonyl (C=O) groups excluding carboxylic acids is 1. The van der Waals surface area contributed by atoms with E-state index in [4.69, 9.17) is 5.11 Å². The standard InChI is InChI=1S/C8H14F3NO2/c1-2-3-4-5-6(13)12(11)8(14)7(9)10/h6-7,13H,2-5H2,1H3.